The van der Waals surface area contributed by atoms with Gasteiger partial charge in [-0.3, -0.25) is 5.10 Å². The molecule has 1 aliphatic rings. The number of amides is 1. The van der Waals surface area contributed by atoms with Gasteiger partial charge in [-0.1, -0.05) is 48.5 Å². The Morgan fingerprint density at radius 3 is 2.40 bits per heavy atom. The minimum atomic E-state index is -1.25. The number of carboxylic acids is 1. The molecular formula is C22H18N4O4. The first-order chi connectivity index (χ1) is 14.6. The normalized spacial score (nSPS) is 13.0. The lowest BCUT2D eigenvalue weighted by Gasteiger charge is -2.17. The Hall–Kier alpha value is -4.12. The number of benzene rings is 2. The second-order valence-corrected chi connectivity index (χ2v) is 6.94. The van der Waals surface area contributed by atoms with Gasteiger partial charge in [0.25, 0.3) is 0 Å². The smallest absolute Gasteiger partial charge is 0.407 e. The standard InChI is InChI=1S/C22H18N4O4/c23-10-20-13(11-24-26-20)9-19(21(27)28)25-22(29)30-12-18-16-7-3-1-5-14(16)15-6-2-4-8-17(15)18/h1-8,11,18-19H,9,12H2,(H,24,26)(H,25,29)(H,27,28)/t19-/m0/s1. The summed E-state index contributed by atoms with van der Waals surface area (Å²) in [4.78, 5) is 23.9. The Morgan fingerprint density at radius 2 is 1.80 bits per heavy atom. The van der Waals surface area contributed by atoms with Crippen molar-refractivity contribution in [2.45, 2.75) is 18.4 Å². The van der Waals surface area contributed by atoms with Gasteiger partial charge in [-0.2, -0.15) is 10.4 Å². The highest BCUT2D eigenvalue weighted by Crippen LogP contribution is 2.44. The Bertz CT molecular complexity index is 1100. The lowest BCUT2D eigenvalue weighted by molar-refractivity contribution is -0.139. The Kier molecular flexibility index (Phi) is 5.18. The number of nitrogens with one attached hydrogen (secondary N) is 2. The van der Waals surface area contributed by atoms with Gasteiger partial charge in [-0.25, -0.2) is 9.59 Å². The fraction of sp³-hybridized carbons (Fsp3) is 0.182. The number of carbonyl (C=O) groups excluding carboxylic acids is 1. The average molecular weight is 402 g/mol. The zero-order chi connectivity index (χ0) is 21.1. The topological polar surface area (TPSA) is 128 Å². The zero-order valence-electron chi connectivity index (χ0n) is 15.8. The zero-order valence-corrected chi connectivity index (χ0v) is 15.8. The molecule has 0 saturated carbocycles. The fourth-order valence-electron chi connectivity index (χ4n) is 3.77. The van der Waals surface area contributed by atoms with E-state index in [4.69, 9.17) is 10.00 Å². The van der Waals surface area contributed by atoms with Crippen molar-refractivity contribution in [3.63, 3.8) is 0 Å². The molecular weight excluding hydrogens is 384 g/mol. The van der Waals surface area contributed by atoms with Crippen molar-refractivity contribution < 1.29 is 19.4 Å². The maximum Gasteiger partial charge on any atom is 0.407 e. The molecule has 0 unspecified atom stereocenters. The van der Waals surface area contributed by atoms with Gasteiger partial charge in [-0.15, -0.1) is 0 Å². The van der Waals surface area contributed by atoms with Crippen LogP contribution in [-0.2, 0) is 16.0 Å². The highest BCUT2D eigenvalue weighted by Gasteiger charge is 2.30. The number of alkyl carbamates (subject to hydrolysis) is 1. The van der Waals surface area contributed by atoms with Crippen molar-refractivity contribution in [3.05, 3.63) is 77.1 Å². The molecule has 150 valence electrons. The molecule has 3 aromatic rings. The van der Waals surface area contributed by atoms with Gasteiger partial charge in [-0.05, 0) is 22.3 Å². The largest absolute Gasteiger partial charge is 0.480 e. The van der Waals surface area contributed by atoms with E-state index in [9.17, 15) is 14.7 Å². The summed E-state index contributed by atoms with van der Waals surface area (Å²) in [6, 6.07) is 16.5. The van der Waals surface area contributed by atoms with E-state index < -0.39 is 18.1 Å². The van der Waals surface area contributed by atoms with Gasteiger partial charge in [0, 0.05) is 24.1 Å². The van der Waals surface area contributed by atoms with Crippen LogP contribution in [0.5, 0.6) is 0 Å². The summed E-state index contributed by atoms with van der Waals surface area (Å²) in [5, 5.41) is 27.1. The summed E-state index contributed by atoms with van der Waals surface area (Å²) < 4.78 is 5.39. The number of nitriles is 1. The number of nitrogens with zero attached hydrogens (tertiary/aromatic N) is 2. The van der Waals surface area contributed by atoms with E-state index in [1.54, 1.807) is 0 Å². The van der Waals surface area contributed by atoms with Gasteiger partial charge in [0.15, 0.2) is 5.69 Å². The van der Waals surface area contributed by atoms with Crippen LogP contribution in [0.15, 0.2) is 54.7 Å². The van der Waals surface area contributed by atoms with Gasteiger partial charge >= 0.3 is 12.1 Å². The van der Waals surface area contributed by atoms with Crippen molar-refractivity contribution in [2.75, 3.05) is 6.61 Å². The maximum atomic E-state index is 12.3. The molecule has 0 aliphatic heterocycles. The fourth-order valence-corrected chi connectivity index (χ4v) is 3.77. The van der Waals surface area contributed by atoms with E-state index in [1.165, 1.54) is 6.20 Å². The number of fused-ring (bicyclic) bond motifs is 3. The second-order valence-electron chi connectivity index (χ2n) is 6.94. The average Bonchev–Trinajstić information content (AvgIpc) is 3.33. The second kappa shape index (κ2) is 8.09. The highest BCUT2D eigenvalue weighted by atomic mass is 16.5. The molecule has 1 atom stereocenters. The third-order valence-corrected chi connectivity index (χ3v) is 5.18. The first-order valence-electron chi connectivity index (χ1n) is 9.35. The lowest BCUT2D eigenvalue weighted by atomic mass is 9.98. The van der Waals surface area contributed by atoms with Crippen LogP contribution in [-0.4, -0.2) is 40.0 Å². The van der Waals surface area contributed by atoms with Gasteiger partial charge in [0.1, 0.15) is 18.7 Å². The van der Waals surface area contributed by atoms with E-state index >= 15 is 0 Å². The summed E-state index contributed by atoms with van der Waals surface area (Å²) in [6.45, 7) is 0.0847. The van der Waals surface area contributed by atoms with Crippen molar-refractivity contribution in [3.8, 4) is 17.2 Å². The predicted octanol–water partition coefficient (Wildman–Crippen LogP) is 2.82. The molecule has 30 heavy (non-hydrogen) atoms. The summed E-state index contributed by atoms with van der Waals surface area (Å²) in [5.74, 6) is -1.35. The Morgan fingerprint density at radius 1 is 1.17 bits per heavy atom. The number of ether oxygens (including phenoxy) is 1. The molecule has 1 heterocycles. The van der Waals surface area contributed by atoms with Crippen LogP contribution in [0, 0.1) is 11.3 Å². The monoisotopic (exact) mass is 402 g/mol. The Balaban J connectivity index is 1.44. The predicted molar refractivity (Wildman–Crippen MR) is 107 cm³/mol. The van der Waals surface area contributed by atoms with Gasteiger partial charge < -0.3 is 15.2 Å². The van der Waals surface area contributed by atoms with Crippen LogP contribution in [0.25, 0.3) is 11.1 Å². The van der Waals surface area contributed by atoms with Gasteiger partial charge in [0.2, 0.25) is 0 Å². The Labute approximate surface area is 172 Å². The minimum Gasteiger partial charge on any atom is -0.480 e. The van der Waals surface area contributed by atoms with E-state index in [2.05, 4.69) is 15.5 Å². The number of aliphatic carboxylic acids is 1. The third-order valence-electron chi connectivity index (χ3n) is 5.18. The molecule has 4 rings (SSSR count). The number of carboxylic acid groups (broad SMARTS) is 1. The number of rotatable bonds is 6. The number of hydrogen-bond acceptors (Lipinski definition) is 5. The first kappa shape index (κ1) is 19.2. The van der Waals surface area contributed by atoms with Crippen LogP contribution < -0.4 is 5.32 Å². The lowest BCUT2D eigenvalue weighted by Crippen LogP contribution is -2.43. The number of aromatic amines is 1. The summed E-state index contributed by atoms with van der Waals surface area (Å²) in [5.41, 5.74) is 4.85. The van der Waals surface area contributed by atoms with E-state index in [-0.39, 0.29) is 24.6 Å². The van der Waals surface area contributed by atoms with Crippen molar-refractivity contribution in [1.29, 1.82) is 5.26 Å². The summed E-state index contributed by atoms with van der Waals surface area (Å²) in [6.07, 6.45) is 0.526. The highest BCUT2D eigenvalue weighted by molar-refractivity contribution is 5.81. The quantitative estimate of drug-likeness (QED) is 0.582. The van der Waals surface area contributed by atoms with Crippen LogP contribution >= 0.6 is 0 Å². The third kappa shape index (κ3) is 3.61. The number of H-pyrrole nitrogens is 1. The first-order valence-corrected chi connectivity index (χ1v) is 9.35. The summed E-state index contributed by atoms with van der Waals surface area (Å²) >= 11 is 0. The van der Waals surface area contributed by atoms with Crippen LogP contribution in [0.2, 0.25) is 0 Å². The number of hydrogen-bond donors (Lipinski definition) is 3. The van der Waals surface area contributed by atoms with Crippen LogP contribution in [0.3, 0.4) is 0 Å². The molecule has 0 fully saturated rings. The number of aromatic nitrogens is 2. The van der Waals surface area contributed by atoms with Crippen LogP contribution in [0.1, 0.15) is 28.3 Å². The van der Waals surface area contributed by atoms with E-state index in [1.807, 2.05) is 54.6 Å². The maximum absolute atomic E-state index is 12.3. The molecule has 1 amide bonds. The van der Waals surface area contributed by atoms with Crippen molar-refractivity contribution >= 4 is 12.1 Å². The van der Waals surface area contributed by atoms with Crippen molar-refractivity contribution in [1.82, 2.24) is 15.5 Å². The van der Waals surface area contributed by atoms with Crippen LogP contribution in [0.4, 0.5) is 4.79 Å². The minimum absolute atomic E-state index is 0.0844. The van der Waals surface area contributed by atoms with Gasteiger partial charge in [0.05, 0.1) is 0 Å². The van der Waals surface area contributed by atoms with E-state index in [0.29, 0.717) is 5.56 Å². The molecule has 3 N–H and O–H groups in total. The molecule has 1 aliphatic carbocycles. The molecule has 8 heteroatoms. The molecule has 8 nitrogen and oxygen atoms in total. The molecule has 0 radical (unpaired) electrons. The SMILES string of the molecule is N#Cc1n[nH]cc1C[C@H](NC(=O)OCC1c2ccccc2-c2ccccc21)C(=O)O. The van der Waals surface area contributed by atoms with E-state index in [0.717, 1.165) is 22.3 Å². The molecule has 0 saturated heterocycles. The molecule has 0 spiro atoms. The molecule has 0 bridgehead atoms. The number of carbonyl (C=O) groups is 2. The summed E-state index contributed by atoms with van der Waals surface area (Å²) in [7, 11) is 0. The van der Waals surface area contributed by atoms with Crippen molar-refractivity contribution in [2.24, 2.45) is 0 Å². The molecule has 1 aromatic heterocycles. The molecule has 2 aromatic carbocycles.